The van der Waals surface area contributed by atoms with E-state index in [9.17, 15) is 14.7 Å². The number of allylic oxidation sites excluding steroid dienone is 2. The fraction of sp³-hybridized carbons (Fsp3) is 0.613. The number of aromatic hydroxyl groups is 1. The molecule has 0 aromatic heterocycles. The lowest BCUT2D eigenvalue weighted by atomic mass is 9.67. The zero-order valence-corrected chi connectivity index (χ0v) is 25.1. The number of imide groups is 1. The van der Waals surface area contributed by atoms with E-state index in [4.69, 9.17) is 9.47 Å². The molecule has 0 bridgehead atoms. The van der Waals surface area contributed by atoms with Gasteiger partial charge < -0.3 is 14.6 Å². The SMILES string of the molecule is COc1cc(/C=C(\C)CC[C@H]2OC[C@H]3C2=C(C(C)C)C[C@H]2C(=O)N(C4CCCCC4)C(=O)[C@H]23)cc(I)c1O. The molecule has 0 spiro atoms. The highest BCUT2D eigenvalue weighted by atomic mass is 127. The Morgan fingerprint density at radius 3 is 2.61 bits per heavy atom. The van der Waals surface area contributed by atoms with Gasteiger partial charge in [0.1, 0.15) is 0 Å². The molecule has 2 heterocycles. The maximum atomic E-state index is 13.7. The Labute approximate surface area is 240 Å². The van der Waals surface area contributed by atoms with Crippen molar-refractivity contribution in [1.82, 2.24) is 4.90 Å². The molecule has 4 aliphatic rings. The zero-order chi connectivity index (χ0) is 27.1. The van der Waals surface area contributed by atoms with Gasteiger partial charge in [-0.3, -0.25) is 14.5 Å². The number of nitrogens with zero attached hydrogens (tertiary/aromatic N) is 1. The lowest BCUT2D eigenvalue weighted by Gasteiger charge is -2.33. The van der Waals surface area contributed by atoms with Gasteiger partial charge >= 0.3 is 0 Å². The maximum absolute atomic E-state index is 13.7. The molecule has 2 saturated heterocycles. The number of hydrogen-bond acceptors (Lipinski definition) is 5. The molecule has 2 aliphatic carbocycles. The van der Waals surface area contributed by atoms with Gasteiger partial charge in [0.25, 0.3) is 0 Å². The van der Waals surface area contributed by atoms with Gasteiger partial charge in [-0.15, -0.1) is 0 Å². The van der Waals surface area contributed by atoms with Gasteiger partial charge in [-0.25, -0.2) is 0 Å². The first-order valence-electron chi connectivity index (χ1n) is 14.2. The molecule has 2 amide bonds. The van der Waals surface area contributed by atoms with Crippen molar-refractivity contribution in [2.24, 2.45) is 23.7 Å². The molecule has 4 atom stereocenters. The van der Waals surface area contributed by atoms with Crippen molar-refractivity contribution >= 4 is 40.5 Å². The third-order valence-electron chi connectivity index (χ3n) is 9.10. The van der Waals surface area contributed by atoms with Crippen molar-refractivity contribution in [2.75, 3.05) is 13.7 Å². The first-order chi connectivity index (χ1) is 18.2. The summed E-state index contributed by atoms with van der Waals surface area (Å²) in [5.74, 6) is 0.652. The van der Waals surface area contributed by atoms with Crippen molar-refractivity contribution in [1.29, 1.82) is 0 Å². The highest BCUT2D eigenvalue weighted by molar-refractivity contribution is 14.1. The summed E-state index contributed by atoms with van der Waals surface area (Å²) in [4.78, 5) is 29.0. The van der Waals surface area contributed by atoms with Gasteiger partial charge in [0, 0.05) is 12.0 Å². The minimum atomic E-state index is -0.255. The van der Waals surface area contributed by atoms with E-state index in [1.807, 2.05) is 12.1 Å². The van der Waals surface area contributed by atoms with E-state index in [0.717, 1.165) is 47.7 Å². The molecule has 38 heavy (non-hydrogen) atoms. The third-order valence-corrected chi connectivity index (χ3v) is 9.92. The van der Waals surface area contributed by atoms with E-state index < -0.39 is 0 Å². The maximum Gasteiger partial charge on any atom is 0.234 e. The molecule has 5 rings (SSSR count). The number of likely N-dealkylation sites (tertiary alicyclic amines) is 1. The Hall–Kier alpha value is -1.87. The minimum Gasteiger partial charge on any atom is -0.504 e. The highest BCUT2D eigenvalue weighted by Gasteiger charge is 2.58. The lowest BCUT2D eigenvalue weighted by molar-refractivity contribution is -0.143. The minimum absolute atomic E-state index is 0.0113. The number of fused-ring (bicyclic) bond motifs is 3. The summed E-state index contributed by atoms with van der Waals surface area (Å²) in [7, 11) is 1.56. The van der Waals surface area contributed by atoms with Crippen LogP contribution >= 0.6 is 22.6 Å². The molecule has 7 heteroatoms. The van der Waals surface area contributed by atoms with Crippen LogP contribution in [0.25, 0.3) is 6.08 Å². The Bertz CT molecular complexity index is 1170. The van der Waals surface area contributed by atoms with E-state index in [-0.39, 0.29) is 47.5 Å². The Morgan fingerprint density at radius 1 is 1.18 bits per heavy atom. The van der Waals surface area contributed by atoms with Crippen LogP contribution in [0.2, 0.25) is 0 Å². The normalized spacial score (nSPS) is 28.4. The van der Waals surface area contributed by atoms with Crippen LogP contribution in [0.15, 0.2) is 28.9 Å². The largest absolute Gasteiger partial charge is 0.504 e. The molecule has 6 nitrogen and oxygen atoms in total. The number of amides is 2. The second kappa shape index (κ2) is 11.3. The number of hydrogen-bond donors (Lipinski definition) is 1. The van der Waals surface area contributed by atoms with E-state index in [2.05, 4.69) is 49.4 Å². The van der Waals surface area contributed by atoms with Crippen LogP contribution in [0, 0.1) is 27.2 Å². The quantitative estimate of drug-likeness (QED) is 0.211. The van der Waals surface area contributed by atoms with Crippen LogP contribution in [-0.4, -0.2) is 47.7 Å². The number of phenols is 1. The number of benzene rings is 1. The molecule has 2 aliphatic heterocycles. The van der Waals surface area contributed by atoms with Gasteiger partial charge in [-0.1, -0.05) is 50.3 Å². The first kappa shape index (κ1) is 27.7. The average molecular weight is 634 g/mol. The molecular weight excluding hydrogens is 593 g/mol. The summed E-state index contributed by atoms with van der Waals surface area (Å²) < 4.78 is 12.5. The lowest BCUT2D eigenvalue weighted by Crippen LogP contribution is -2.42. The summed E-state index contributed by atoms with van der Waals surface area (Å²) in [5.41, 5.74) is 4.86. The van der Waals surface area contributed by atoms with Crippen molar-refractivity contribution in [3.8, 4) is 11.5 Å². The van der Waals surface area contributed by atoms with Crippen LogP contribution in [0.1, 0.15) is 77.7 Å². The van der Waals surface area contributed by atoms with Gasteiger partial charge in [0.2, 0.25) is 11.8 Å². The highest BCUT2D eigenvalue weighted by Crippen LogP contribution is 2.52. The Balaban J connectivity index is 1.34. The molecule has 1 N–H and O–H groups in total. The second-order valence-corrected chi connectivity index (χ2v) is 13.0. The number of carbonyl (C=O) groups excluding carboxylic acids is 2. The number of carbonyl (C=O) groups is 2. The van der Waals surface area contributed by atoms with Crippen molar-refractivity contribution in [2.45, 2.75) is 84.3 Å². The van der Waals surface area contributed by atoms with Crippen LogP contribution in [0.5, 0.6) is 11.5 Å². The molecule has 1 saturated carbocycles. The fourth-order valence-corrected chi connectivity index (χ4v) is 7.86. The predicted octanol–water partition coefficient (Wildman–Crippen LogP) is 6.49. The summed E-state index contributed by atoms with van der Waals surface area (Å²) in [6.45, 7) is 7.07. The first-order valence-corrected chi connectivity index (χ1v) is 15.2. The summed E-state index contributed by atoms with van der Waals surface area (Å²) in [5, 5.41) is 10.2. The summed E-state index contributed by atoms with van der Waals surface area (Å²) in [6.07, 6.45) is 9.85. The smallest absolute Gasteiger partial charge is 0.234 e. The number of ether oxygens (including phenoxy) is 2. The van der Waals surface area contributed by atoms with Crippen LogP contribution in [0.3, 0.4) is 0 Å². The van der Waals surface area contributed by atoms with E-state index >= 15 is 0 Å². The zero-order valence-electron chi connectivity index (χ0n) is 23.0. The molecule has 1 aromatic carbocycles. The number of halogens is 1. The van der Waals surface area contributed by atoms with Crippen molar-refractivity contribution in [3.63, 3.8) is 0 Å². The van der Waals surface area contributed by atoms with Crippen LogP contribution < -0.4 is 4.74 Å². The van der Waals surface area contributed by atoms with Crippen LogP contribution in [-0.2, 0) is 14.3 Å². The van der Waals surface area contributed by atoms with Gasteiger partial charge in [-0.2, -0.15) is 0 Å². The average Bonchev–Trinajstić information content (AvgIpc) is 3.43. The molecule has 3 fully saturated rings. The second-order valence-electron chi connectivity index (χ2n) is 11.8. The molecule has 1 aromatic rings. The van der Waals surface area contributed by atoms with E-state index in [0.29, 0.717) is 24.7 Å². The number of rotatable bonds is 7. The molecular formula is C31H40INO5. The topological polar surface area (TPSA) is 76.1 Å². The molecule has 0 radical (unpaired) electrons. The van der Waals surface area contributed by atoms with Crippen molar-refractivity contribution in [3.05, 3.63) is 38.0 Å². The van der Waals surface area contributed by atoms with Gasteiger partial charge in [-0.05, 0) is 90.8 Å². The van der Waals surface area contributed by atoms with Crippen LogP contribution in [0.4, 0.5) is 0 Å². The standard InChI is InChI=1S/C31H40INO5/c1-17(2)21-15-22-28(31(36)33(30(22)35)20-8-6-5-7-9-20)23-16-38-25(27(21)23)11-10-18(3)12-19-13-24(32)29(34)26(14-19)37-4/h12-14,17,20,22-23,25,28,34H,5-11,15-16H2,1-4H3/b18-12+/t22-,23+,25-,28-/m1/s1. The summed E-state index contributed by atoms with van der Waals surface area (Å²) in [6, 6.07) is 3.89. The Kier molecular flexibility index (Phi) is 8.25. The Morgan fingerprint density at radius 2 is 1.92 bits per heavy atom. The van der Waals surface area contributed by atoms with Gasteiger partial charge in [0.15, 0.2) is 11.5 Å². The fourth-order valence-electron chi connectivity index (χ4n) is 7.23. The molecule has 0 unspecified atom stereocenters. The van der Waals surface area contributed by atoms with E-state index in [1.165, 1.54) is 23.1 Å². The number of phenolic OH excluding ortho intramolecular Hbond substituents is 1. The predicted molar refractivity (Wildman–Crippen MR) is 156 cm³/mol. The summed E-state index contributed by atoms with van der Waals surface area (Å²) >= 11 is 2.12. The van der Waals surface area contributed by atoms with Gasteiger partial charge in [0.05, 0.1) is 35.2 Å². The third kappa shape index (κ3) is 5.05. The van der Waals surface area contributed by atoms with E-state index in [1.54, 1.807) is 12.0 Å². The van der Waals surface area contributed by atoms with Crippen molar-refractivity contribution < 1.29 is 24.2 Å². The number of methoxy groups -OCH3 is 1. The monoisotopic (exact) mass is 633 g/mol. The molecule has 206 valence electrons.